The third-order valence-corrected chi connectivity index (χ3v) is 7.33. The Labute approximate surface area is 166 Å². The number of sulfone groups is 1. The second kappa shape index (κ2) is 7.09. The molecule has 0 atom stereocenters. The number of piperidine rings is 1. The number of carbonyl (C=O) groups excluding carboxylic acids is 1. The quantitative estimate of drug-likeness (QED) is 0.769. The number of carbonyl (C=O) groups is 1. The Morgan fingerprint density at radius 2 is 1.64 bits per heavy atom. The molecule has 2 heterocycles. The number of aryl methyl sites for hydroxylation is 1. The largest absolute Gasteiger partial charge is 0.338 e. The van der Waals surface area contributed by atoms with E-state index in [0.717, 1.165) is 24.1 Å². The van der Waals surface area contributed by atoms with E-state index < -0.39 is 15.7 Å². The van der Waals surface area contributed by atoms with E-state index in [1.165, 1.54) is 6.20 Å². The van der Waals surface area contributed by atoms with Gasteiger partial charge in [-0.3, -0.25) is 4.79 Å². The first-order chi connectivity index (χ1) is 13.4. The summed E-state index contributed by atoms with van der Waals surface area (Å²) in [7, 11) is -3.87. The highest BCUT2D eigenvalue weighted by molar-refractivity contribution is 7.96. The molecular formula is C22H24N2O3S. The van der Waals surface area contributed by atoms with E-state index in [9.17, 15) is 13.2 Å². The molecule has 2 aromatic carbocycles. The van der Waals surface area contributed by atoms with Gasteiger partial charge in [-0.1, -0.05) is 36.8 Å². The fourth-order valence-corrected chi connectivity index (χ4v) is 5.25. The number of likely N-dealkylation sites (tertiary alicyclic amines) is 1. The Balaban J connectivity index is 1.80. The lowest BCUT2D eigenvalue weighted by molar-refractivity contribution is -0.127. The average molecular weight is 397 g/mol. The molecular weight excluding hydrogens is 372 g/mol. The zero-order valence-electron chi connectivity index (χ0n) is 16.1. The van der Waals surface area contributed by atoms with Crippen LogP contribution in [0.25, 0.3) is 0 Å². The van der Waals surface area contributed by atoms with Crippen molar-refractivity contribution in [3.63, 3.8) is 0 Å². The molecule has 5 nitrogen and oxygen atoms in total. The highest BCUT2D eigenvalue weighted by Gasteiger charge is 2.38. The molecule has 0 bridgehead atoms. The van der Waals surface area contributed by atoms with Gasteiger partial charge in [0.2, 0.25) is 9.84 Å². The molecule has 1 amide bonds. The average Bonchev–Trinajstić information content (AvgIpc) is 2.69. The molecule has 0 unspecified atom stereocenters. The molecule has 0 aliphatic carbocycles. The zero-order chi connectivity index (χ0) is 19.9. The minimum atomic E-state index is -3.87. The van der Waals surface area contributed by atoms with Crippen LogP contribution in [0.4, 0.5) is 11.4 Å². The van der Waals surface area contributed by atoms with Crippen molar-refractivity contribution in [2.24, 2.45) is 5.92 Å². The van der Waals surface area contributed by atoms with Crippen LogP contribution in [0.15, 0.2) is 64.5 Å². The van der Waals surface area contributed by atoms with E-state index in [1.807, 2.05) is 37.3 Å². The highest BCUT2D eigenvalue weighted by atomic mass is 32.2. The van der Waals surface area contributed by atoms with Gasteiger partial charge in [-0.25, -0.2) is 8.42 Å². The summed E-state index contributed by atoms with van der Waals surface area (Å²) in [6.45, 7) is 5.35. The topological polar surface area (TPSA) is 57.7 Å². The number of hydrogen-bond donors (Lipinski definition) is 0. The van der Waals surface area contributed by atoms with Crippen molar-refractivity contribution >= 4 is 27.1 Å². The molecule has 0 N–H and O–H groups in total. The van der Waals surface area contributed by atoms with Gasteiger partial charge in [0.1, 0.15) is 0 Å². The maximum Gasteiger partial charge on any atom is 0.267 e. The van der Waals surface area contributed by atoms with Crippen molar-refractivity contribution in [3.8, 4) is 0 Å². The maximum absolute atomic E-state index is 13.2. The predicted molar refractivity (Wildman–Crippen MR) is 110 cm³/mol. The Kier molecular flexibility index (Phi) is 4.75. The lowest BCUT2D eigenvalue weighted by Crippen LogP contribution is -2.41. The van der Waals surface area contributed by atoms with Crippen molar-refractivity contribution in [2.45, 2.75) is 31.6 Å². The van der Waals surface area contributed by atoms with Crippen LogP contribution >= 0.6 is 0 Å². The van der Waals surface area contributed by atoms with Gasteiger partial charge in [0.15, 0.2) is 4.91 Å². The van der Waals surface area contributed by atoms with Crippen LogP contribution in [-0.2, 0) is 14.6 Å². The number of rotatable bonds is 2. The first-order valence-corrected chi connectivity index (χ1v) is 11.1. The summed E-state index contributed by atoms with van der Waals surface area (Å²) in [6, 6.07) is 14.7. The van der Waals surface area contributed by atoms with Gasteiger partial charge in [-0.15, -0.1) is 0 Å². The monoisotopic (exact) mass is 396 g/mol. The molecule has 1 fully saturated rings. The van der Waals surface area contributed by atoms with Crippen LogP contribution in [-0.4, -0.2) is 32.3 Å². The first-order valence-electron chi connectivity index (χ1n) is 9.59. The SMILES string of the molecule is Cc1ccc(N2C=C(C(=O)N3CCC(C)CC3)S(=O)(=O)c3ccccc32)cc1. The van der Waals surface area contributed by atoms with E-state index >= 15 is 0 Å². The van der Waals surface area contributed by atoms with Crippen molar-refractivity contribution < 1.29 is 13.2 Å². The Bertz CT molecular complexity index is 1030. The van der Waals surface area contributed by atoms with E-state index in [0.29, 0.717) is 24.7 Å². The fourth-order valence-electron chi connectivity index (χ4n) is 3.71. The van der Waals surface area contributed by atoms with Crippen LogP contribution in [0.5, 0.6) is 0 Å². The summed E-state index contributed by atoms with van der Waals surface area (Å²) in [6.07, 6.45) is 3.29. The zero-order valence-corrected chi connectivity index (χ0v) is 16.9. The summed E-state index contributed by atoms with van der Waals surface area (Å²) in [5.74, 6) is 0.157. The molecule has 0 saturated carbocycles. The Hall–Kier alpha value is -2.60. The number of nitrogens with zero attached hydrogens (tertiary/aromatic N) is 2. The number of anilines is 2. The number of para-hydroxylation sites is 1. The molecule has 28 heavy (non-hydrogen) atoms. The van der Waals surface area contributed by atoms with Crippen LogP contribution in [0.3, 0.4) is 0 Å². The maximum atomic E-state index is 13.2. The van der Waals surface area contributed by atoms with Gasteiger partial charge in [0, 0.05) is 25.0 Å². The molecule has 0 spiro atoms. The van der Waals surface area contributed by atoms with Crippen LogP contribution < -0.4 is 4.90 Å². The van der Waals surface area contributed by atoms with Gasteiger partial charge < -0.3 is 9.80 Å². The van der Waals surface area contributed by atoms with Crippen LogP contribution in [0, 0.1) is 12.8 Å². The molecule has 1 saturated heterocycles. The van der Waals surface area contributed by atoms with E-state index in [2.05, 4.69) is 6.92 Å². The van der Waals surface area contributed by atoms with Crippen molar-refractivity contribution in [1.82, 2.24) is 4.90 Å². The third-order valence-electron chi connectivity index (χ3n) is 5.54. The van der Waals surface area contributed by atoms with E-state index in [1.54, 1.807) is 28.0 Å². The smallest absolute Gasteiger partial charge is 0.267 e. The van der Waals surface area contributed by atoms with Gasteiger partial charge in [0.05, 0.1) is 10.6 Å². The van der Waals surface area contributed by atoms with Gasteiger partial charge in [0.25, 0.3) is 5.91 Å². The van der Waals surface area contributed by atoms with Gasteiger partial charge >= 0.3 is 0 Å². The van der Waals surface area contributed by atoms with Crippen molar-refractivity contribution in [2.75, 3.05) is 18.0 Å². The second-order valence-electron chi connectivity index (χ2n) is 7.64. The molecule has 6 heteroatoms. The first kappa shape index (κ1) is 18.7. The summed E-state index contributed by atoms with van der Waals surface area (Å²) < 4.78 is 26.5. The number of hydrogen-bond acceptors (Lipinski definition) is 4. The lowest BCUT2D eigenvalue weighted by Gasteiger charge is -2.33. The summed E-state index contributed by atoms with van der Waals surface area (Å²) in [5.41, 5.74) is 2.50. The highest BCUT2D eigenvalue weighted by Crippen LogP contribution is 2.40. The summed E-state index contributed by atoms with van der Waals surface area (Å²) in [4.78, 5) is 16.7. The van der Waals surface area contributed by atoms with Crippen molar-refractivity contribution in [3.05, 3.63) is 65.2 Å². The Morgan fingerprint density at radius 3 is 2.32 bits per heavy atom. The van der Waals surface area contributed by atoms with E-state index in [4.69, 9.17) is 0 Å². The van der Waals surface area contributed by atoms with Gasteiger partial charge in [-0.05, 0) is 49.9 Å². The summed E-state index contributed by atoms with van der Waals surface area (Å²) in [5, 5.41) is 0. The third kappa shape index (κ3) is 3.22. The van der Waals surface area contributed by atoms with Crippen LogP contribution in [0.2, 0.25) is 0 Å². The second-order valence-corrected chi connectivity index (χ2v) is 9.53. The molecule has 2 aliphatic heterocycles. The molecule has 146 valence electrons. The lowest BCUT2D eigenvalue weighted by atomic mass is 9.99. The molecule has 0 radical (unpaired) electrons. The number of amides is 1. The molecule has 2 aliphatic rings. The number of benzene rings is 2. The molecule has 0 aromatic heterocycles. The van der Waals surface area contributed by atoms with Crippen molar-refractivity contribution in [1.29, 1.82) is 0 Å². The minimum Gasteiger partial charge on any atom is -0.338 e. The number of fused-ring (bicyclic) bond motifs is 1. The van der Waals surface area contributed by atoms with Gasteiger partial charge in [-0.2, -0.15) is 0 Å². The predicted octanol–water partition coefficient (Wildman–Crippen LogP) is 4.02. The fraction of sp³-hybridized carbons (Fsp3) is 0.318. The summed E-state index contributed by atoms with van der Waals surface area (Å²) >= 11 is 0. The molecule has 4 rings (SSSR count). The molecule has 2 aromatic rings. The van der Waals surface area contributed by atoms with E-state index in [-0.39, 0.29) is 9.80 Å². The Morgan fingerprint density at radius 1 is 1.00 bits per heavy atom. The normalized spacial score (nSPS) is 19.1. The standard InChI is InChI=1S/C22H24N2O3S/c1-16-7-9-18(10-8-16)24-15-21(22(25)23-13-11-17(2)12-14-23)28(26,27)20-6-4-3-5-19(20)24/h3-10,15,17H,11-14H2,1-2H3. The minimum absolute atomic E-state index is 0.152. The van der Waals surface area contributed by atoms with Crippen LogP contribution in [0.1, 0.15) is 25.3 Å².